The van der Waals surface area contributed by atoms with Gasteiger partial charge in [-0.2, -0.15) is 0 Å². The molecule has 1 nitrogen and oxygen atoms in total. The average molecular weight is 328 g/mol. The van der Waals surface area contributed by atoms with E-state index in [2.05, 4.69) is 35.2 Å². The lowest BCUT2D eigenvalue weighted by atomic mass is 9.74. The van der Waals surface area contributed by atoms with Crippen molar-refractivity contribution < 1.29 is 4.39 Å². The van der Waals surface area contributed by atoms with Crippen LogP contribution in [0.2, 0.25) is 0 Å². The second-order valence-corrected chi connectivity index (χ2v) is 6.57. The van der Waals surface area contributed by atoms with Crippen molar-refractivity contribution in [3.63, 3.8) is 0 Å². The molecule has 0 aliphatic heterocycles. The second kappa shape index (κ2) is 6.36. The Kier molecular flexibility index (Phi) is 5.02. The quantitative estimate of drug-likeness (QED) is 0.827. The highest BCUT2D eigenvalue weighted by atomic mass is 79.9. The van der Waals surface area contributed by atoms with Crippen molar-refractivity contribution in [3.8, 4) is 0 Å². The molecule has 0 bridgehead atoms. The molecule has 0 aromatic heterocycles. The molecule has 19 heavy (non-hydrogen) atoms. The molecule has 2 rings (SSSR count). The average Bonchev–Trinajstić information content (AvgIpc) is 2.90. The number of nitrogens with one attached hydrogen (secondary N) is 1. The van der Waals surface area contributed by atoms with Gasteiger partial charge in [0.05, 0.1) is 4.47 Å². The number of benzene rings is 1. The van der Waals surface area contributed by atoms with E-state index in [-0.39, 0.29) is 5.82 Å². The smallest absolute Gasteiger partial charge is 0.137 e. The van der Waals surface area contributed by atoms with Crippen LogP contribution >= 0.6 is 15.9 Å². The Balaban J connectivity index is 2.16. The molecule has 1 fully saturated rings. The summed E-state index contributed by atoms with van der Waals surface area (Å²) in [5, 5.41) is 3.51. The first-order chi connectivity index (χ1) is 9.11. The molecule has 1 atom stereocenters. The monoisotopic (exact) mass is 327 g/mol. The molecular formula is C16H23BrFN. The van der Waals surface area contributed by atoms with Crippen LogP contribution in [0.5, 0.6) is 0 Å². The molecule has 1 aromatic carbocycles. The van der Waals surface area contributed by atoms with E-state index in [1.165, 1.54) is 37.7 Å². The lowest BCUT2D eigenvalue weighted by Crippen LogP contribution is -2.43. The molecule has 0 spiro atoms. The minimum atomic E-state index is -0.184. The van der Waals surface area contributed by atoms with Crippen LogP contribution in [-0.2, 0) is 6.42 Å². The molecule has 1 aliphatic rings. The van der Waals surface area contributed by atoms with Crippen LogP contribution in [0.3, 0.4) is 0 Å². The number of hydrogen-bond donors (Lipinski definition) is 1. The van der Waals surface area contributed by atoms with Crippen molar-refractivity contribution in [2.24, 2.45) is 5.41 Å². The third-order valence-electron chi connectivity index (χ3n) is 4.81. The molecule has 106 valence electrons. The van der Waals surface area contributed by atoms with Gasteiger partial charge >= 0.3 is 0 Å². The molecule has 0 heterocycles. The number of halogens is 2. The second-order valence-electron chi connectivity index (χ2n) is 5.72. The summed E-state index contributed by atoms with van der Waals surface area (Å²) in [6.07, 6.45) is 7.52. The van der Waals surface area contributed by atoms with Crippen molar-refractivity contribution in [2.45, 2.75) is 51.5 Å². The van der Waals surface area contributed by atoms with E-state index in [1.54, 1.807) is 6.07 Å². The van der Waals surface area contributed by atoms with E-state index in [9.17, 15) is 4.39 Å². The SMILES string of the molecule is CCC1(C(Cc2ccc(F)c(Br)c2)NC)CCCC1. The summed E-state index contributed by atoms with van der Waals surface area (Å²) in [5.74, 6) is -0.184. The maximum Gasteiger partial charge on any atom is 0.137 e. The zero-order valence-corrected chi connectivity index (χ0v) is 13.4. The minimum Gasteiger partial charge on any atom is -0.316 e. The molecule has 0 saturated heterocycles. The molecule has 0 radical (unpaired) electrons. The van der Waals surface area contributed by atoms with Crippen molar-refractivity contribution >= 4 is 15.9 Å². The van der Waals surface area contributed by atoms with Crippen LogP contribution in [0.4, 0.5) is 4.39 Å². The van der Waals surface area contributed by atoms with E-state index < -0.39 is 0 Å². The fourth-order valence-corrected chi connectivity index (χ4v) is 3.98. The van der Waals surface area contributed by atoms with Crippen LogP contribution in [0, 0.1) is 11.2 Å². The highest BCUT2D eigenvalue weighted by Crippen LogP contribution is 2.44. The normalized spacial score (nSPS) is 19.6. The maximum atomic E-state index is 13.3. The van der Waals surface area contributed by atoms with E-state index >= 15 is 0 Å². The molecule has 1 saturated carbocycles. The van der Waals surface area contributed by atoms with Gasteiger partial charge in [0.2, 0.25) is 0 Å². The zero-order chi connectivity index (χ0) is 13.9. The molecule has 1 aliphatic carbocycles. The Labute approximate surface area is 124 Å². The van der Waals surface area contributed by atoms with Crippen molar-refractivity contribution in [2.75, 3.05) is 7.05 Å². The fourth-order valence-electron chi connectivity index (χ4n) is 3.55. The summed E-state index contributed by atoms with van der Waals surface area (Å²) in [6, 6.07) is 5.86. The van der Waals surface area contributed by atoms with Gasteiger partial charge in [-0.3, -0.25) is 0 Å². The predicted octanol–water partition coefficient (Wildman–Crippen LogP) is 4.69. The van der Waals surface area contributed by atoms with Gasteiger partial charge in [-0.15, -0.1) is 0 Å². The molecule has 1 N–H and O–H groups in total. The van der Waals surface area contributed by atoms with Gasteiger partial charge in [0, 0.05) is 6.04 Å². The van der Waals surface area contributed by atoms with E-state index in [0.717, 1.165) is 6.42 Å². The molecular weight excluding hydrogens is 305 g/mol. The minimum absolute atomic E-state index is 0.184. The van der Waals surface area contributed by atoms with E-state index in [0.29, 0.717) is 15.9 Å². The van der Waals surface area contributed by atoms with Crippen LogP contribution in [0.25, 0.3) is 0 Å². The number of hydrogen-bond acceptors (Lipinski definition) is 1. The van der Waals surface area contributed by atoms with Crippen molar-refractivity contribution in [3.05, 3.63) is 34.1 Å². The highest BCUT2D eigenvalue weighted by molar-refractivity contribution is 9.10. The summed E-state index contributed by atoms with van der Waals surface area (Å²) in [6.45, 7) is 2.30. The van der Waals surface area contributed by atoms with Crippen LogP contribution in [-0.4, -0.2) is 13.1 Å². The van der Waals surface area contributed by atoms with Gasteiger partial charge < -0.3 is 5.32 Å². The summed E-state index contributed by atoms with van der Waals surface area (Å²) in [4.78, 5) is 0. The Bertz CT molecular complexity index is 427. The standard InChI is InChI=1S/C16H23BrFN/c1-3-16(8-4-5-9-16)15(19-2)11-12-6-7-14(18)13(17)10-12/h6-7,10,15,19H,3-5,8-9,11H2,1-2H3. The summed E-state index contributed by atoms with van der Waals surface area (Å²) in [5.41, 5.74) is 1.63. The molecule has 1 aromatic rings. The topological polar surface area (TPSA) is 12.0 Å². The molecule has 0 amide bonds. The molecule has 1 unspecified atom stereocenters. The van der Waals surface area contributed by atoms with Crippen molar-refractivity contribution in [1.29, 1.82) is 0 Å². The van der Waals surface area contributed by atoms with Gasteiger partial charge in [-0.1, -0.05) is 25.8 Å². The lowest BCUT2D eigenvalue weighted by molar-refractivity contribution is 0.192. The summed E-state index contributed by atoms with van der Waals surface area (Å²) >= 11 is 3.28. The van der Waals surface area contributed by atoms with Gasteiger partial charge in [0.1, 0.15) is 5.82 Å². The van der Waals surface area contributed by atoms with Gasteiger partial charge in [-0.05, 0) is 71.8 Å². The Hall–Kier alpha value is -0.410. The molecule has 3 heteroatoms. The number of likely N-dealkylation sites (N-methyl/N-ethyl adjacent to an activating group) is 1. The van der Waals surface area contributed by atoms with E-state index in [1.807, 2.05) is 12.1 Å². The first-order valence-corrected chi connectivity index (χ1v) is 8.02. The predicted molar refractivity (Wildman–Crippen MR) is 81.8 cm³/mol. The third-order valence-corrected chi connectivity index (χ3v) is 5.42. The third kappa shape index (κ3) is 3.19. The van der Waals surface area contributed by atoms with Crippen LogP contribution in [0.1, 0.15) is 44.6 Å². The lowest BCUT2D eigenvalue weighted by Gasteiger charge is -2.37. The summed E-state index contributed by atoms with van der Waals surface area (Å²) in [7, 11) is 2.05. The largest absolute Gasteiger partial charge is 0.316 e. The van der Waals surface area contributed by atoms with Crippen LogP contribution < -0.4 is 5.32 Å². The van der Waals surface area contributed by atoms with Crippen molar-refractivity contribution in [1.82, 2.24) is 5.32 Å². The van der Waals surface area contributed by atoms with Gasteiger partial charge in [-0.25, -0.2) is 4.39 Å². The Morgan fingerprint density at radius 3 is 2.58 bits per heavy atom. The first-order valence-electron chi connectivity index (χ1n) is 7.22. The highest BCUT2D eigenvalue weighted by Gasteiger charge is 2.38. The van der Waals surface area contributed by atoms with Gasteiger partial charge in [0.15, 0.2) is 0 Å². The Morgan fingerprint density at radius 1 is 1.37 bits per heavy atom. The van der Waals surface area contributed by atoms with Gasteiger partial charge in [0.25, 0.3) is 0 Å². The number of rotatable bonds is 5. The van der Waals surface area contributed by atoms with Crippen LogP contribution in [0.15, 0.2) is 22.7 Å². The first kappa shape index (κ1) is 15.0. The fraction of sp³-hybridized carbons (Fsp3) is 0.625. The zero-order valence-electron chi connectivity index (χ0n) is 11.8. The summed E-state index contributed by atoms with van der Waals surface area (Å²) < 4.78 is 13.9. The Morgan fingerprint density at radius 2 is 2.05 bits per heavy atom. The maximum absolute atomic E-state index is 13.3. The van der Waals surface area contributed by atoms with E-state index in [4.69, 9.17) is 0 Å².